The van der Waals surface area contributed by atoms with Gasteiger partial charge in [-0.1, -0.05) is 6.07 Å². The minimum Gasteiger partial charge on any atom is -0.398 e. The van der Waals surface area contributed by atoms with E-state index in [9.17, 15) is 19.2 Å². The van der Waals surface area contributed by atoms with E-state index in [-0.39, 0.29) is 42.1 Å². The molecule has 0 saturated carbocycles. The number of amides is 4. The fourth-order valence-electron chi connectivity index (χ4n) is 2.54. The largest absolute Gasteiger partial charge is 0.398 e. The van der Waals surface area contributed by atoms with E-state index < -0.39 is 29.7 Å². The fourth-order valence-corrected chi connectivity index (χ4v) is 2.54. The molecule has 4 amide bonds. The Bertz CT molecular complexity index is 673. The van der Waals surface area contributed by atoms with Crippen molar-refractivity contribution in [2.75, 3.05) is 5.73 Å². The standard InChI is InChI=1S/C13H11N3O4.ClH/c14-7-3-1-2-6-10(7)13(20)16(12(6)19)8-4-5-9(17)15-11(8)18;/h1-3,8H,4-5,14H2,(H,15,17,18);1H. The molecular weight excluding hydrogens is 298 g/mol. The number of piperidine rings is 1. The van der Waals surface area contributed by atoms with E-state index in [1.807, 2.05) is 0 Å². The van der Waals surface area contributed by atoms with Gasteiger partial charge in [0.15, 0.2) is 0 Å². The summed E-state index contributed by atoms with van der Waals surface area (Å²) in [6, 6.07) is 3.64. The third-order valence-corrected chi connectivity index (χ3v) is 3.50. The zero-order chi connectivity index (χ0) is 14.4. The predicted octanol–water partition coefficient (Wildman–Crippen LogP) is 0.0918. The molecule has 8 heteroatoms. The van der Waals surface area contributed by atoms with Crippen molar-refractivity contribution < 1.29 is 19.2 Å². The van der Waals surface area contributed by atoms with Crippen molar-refractivity contribution in [3.05, 3.63) is 29.3 Å². The Balaban J connectivity index is 0.00000161. The van der Waals surface area contributed by atoms with Gasteiger partial charge in [-0.05, 0) is 18.6 Å². The maximum absolute atomic E-state index is 12.3. The summed E-state index contributed by atoms with van der Waals surface area (Å²) >= 11 is 0. The van der Waals surface area contributed by atoms with Crippen molar-refractivity contribution in [1.29, 1.82) is 0 Å². The van der Waals surface area contributed by atoms with Crippen LogP contribution in [0.4, 0.5) is 5.69 Å². The van der Waals surface area contributed by atoms with Crippen molar-refractivity contribution in [2.45, 2.75) is 18.9 Å². The highest BCUT2D eigenvalue weighted by molar-refractivity contribution is 6.25. The summed E-state index contributed by atoms with van der Waals surface area (Å²) in [5.74, 6) is -2.17. The Morgan fingerprint density at radius 2 is 1.86 bits per heavy atom. The highest BCUT2D eigenvalue weighted by Crippen LogP contribution is 2.30. The van der Waals surface area contributed by atoms with E-state index in [1.54, 1.807) is 6.07 Å². The van der Waals surface area contributed by atoms with E-state index in [1.165, 1.54) is 12.1 Å². The van der Waals surface area contributed by atoms with Crippen LogP contribution in [0.3, 0.4) is 0 Å². The van der Waals surface area contributed by atoms with Gasteiger partial charge < -0.3 is 5.73 Å². The number of nitrogen functional groups attached to an aromatic ring is 1. The number of nitrogens with two attached hydrogens (primary N) is 1. The highest BCUT2D eigenvalue weighted by atomic mass is 35.5. The molecule has 1 aromatic rings. The lowest BCUT2D eigenvalue weighted by Crippen LogP contribution is -2.54. The molecule has 3 rings (SSSR count). The van der Waals surface area contributed by atoms with Crippen LogP contribution in [-0.2, 0) is 9.59 Å². The third kappa shape index (κ3) is 2.15. The van der Waals surface area contributed by atoms with Crippen molar-refractivity contribution in [1.82, 2.24) is 10.2 Å². The van der Waals surface area contributed by atoms with Crippen LogP contribution in [0.15, 0.2) is 18.2 Å². The maximum Gasteiger partial charge on any atom is 0.264 e. The molecule has 1 saturated heterocycles. The van der Waals surface area contributed by atoms with Gasteiger partial charge in [0.1, 0.15) is 6.04 Å². The molecule has 0 radical (unpaired) electrons. The van der Waals surface area contributed by atoms with Gasteiger partial charge in [-0.3, -0.25) is 29.4 Å². The molecule has 3 N–H and O–H groups in total. The van der Waals surface area contributed by atoms with Gasteiger partial charge in [0.25, 0.3) is 11.8 Å². The van der Waals surface area contributed by atoms with Crippen LogP contribution in [0, 0.1) is 0 Å². The molecule has 21 heavy (non-hydrogen) atoms. The number of fused-ring (bicyclic) bond motifs is 1. The van der Waals surface area contributed by atoms with E-state index in [4.69, 9.17) is 5.73 Å². The first-order valence-corrected chi connectivity index (χ1v) is 6.11. The van der Waals surface area contributed by atoms with Gasteiger partial charge in [-0.15, -0.1) is 12.4 Å². The second-order valence-electron chi connectivity index (χ2n) is 4.72. The van der Waals surface area contributed by atoms with Crippen LogP contribution in [0.5, 0.6) is 0 Å². The highest BCUT2D eigenvalue weighted by Gasteiger charge is 2.45. The first kappa shape index (κ1) is 15.0. The maximum atomic E-state index is 12.3. The molecule has 1 atom stereocenters. The zero-order valence-electron chi connectivity index (χ0n) is 10.8. The molecule has 2 heterocycles. The summed E-state index contributed by atoms with van der Waals surface area (Å²) in [7, 11) is 0. The lowest BCUT2D eigenvalue weighted by molar-refractivity contribution is -0.136. The fraction of sp³-hybridized carbons (Fsp3) is 0.231. The summed E-state index contributed by atoms with van der Waals surface area (Å²) in [6.07, 6.45) is 0.231. The molecular formula is C13H12ClN3O4. The number of carbonyl (C=O) groups is 4. The van der Waals surface area contributed by atoms with Gasteiger partial charge in [0.2, 0.25) is 11.8 Å². The van der Waals surface area contributed by atoms with Gasteiger partial charge in [-0.25, -0.2) is 0 Å². The summed E-state index contributed by atoms with van der Waals surface area (Å²) in [4.78, 5) is 48.4. The normalized spacial score (nSPS) is 21.0. The topological polar surface area (TPSA) is 110 Å². The summed E-state index contributed by atoms with van der Waals surface area (Å²) in [5, 5.41) is 2.13. The molecule has 1 aromatic carbocycles. The molecule has 2 aliphatic rings. The lowest BCUT2D eigenvalue weighted by atomic mass is 10.0. The first-order chi connectivity index (χ1) is 9.50. The lowest BCUT2D eigenvalue weighted by Gasteiger charge is -2.27. The number of rotatable bonds is 1. The number of anilines is 1. The Labute approximate surface area is 125 Å². The predicted molar refractivity (Wildman–Crippen MR) is 74.8 cm³/mol. The molecule has 1 unspecified atom stereocenters. The molecule has 0 spiro atoms. The molecule has 0 aliphatic carbocycles. The van der Waals surface area contributed by atoms with Crippen molar-refractivity contribution >= 4 is 41.7 Å². The first-order valence-electron chi connectivity index (χ1n) is 6.11. The number of nitrogens with zero attached hydrogens (tertiary/aromatic N) is 1. The number of nitrogens with one attached hydrogen (secondary N) is 1. The molecule has 1 fully saturated rings. The smallest absolute Gasteiger partial charge is 0.264 e. The number of carbonyl (C=O) groups excluding carboxylic acids is 4. The van der Waals surface area contributed by atoms with Crippen LogP contribution in [0.25, 0.3) is 0 Å². The van der Waals surface area contributed by atoms with E-state index >= 15 is 0 Å². The summed E-state index contributed by atoms with van der Waals surface area (Å²) in [6.45, 7) is 0. The van der Waals surface area contributed by atoms with Crippen molar-refractivity contribution in [3.63, 3.8) is 0 Å². The Morgan fingerprint density at radius 1 is 1.14 bits per heavy atom. The van der Waals surface area contributed by atoms with Gasteiger partial charge in [0, 0.05) is 12.1 Å². The number of hydrogen-bond acceptors (Lipinski definition) is 5. The Morgan fingerprint density at radius 3 is 2.48 bits per heavy atom. The Hall–Kier alpha value is -2.41. The van der Waals surface area contributed by atoms with E-state index in [0.717, 1.165) is 4.90 Å². The molecule has 110 valence electrons. The minimum absolute atomic E-state index is 0. The summed E-state index contributed by atoms with van der Waals surface area (Å²) in [5.41, 5.74) is 6.24. The van der Waals surface area contributed by atoms with Gasteiger partial charge >= 0.3 is 0 Å². The average molecular weight is 310 g/mol. The second kappa shape index (κ2) is 5.17. The minimum atomic E-state index is -0.959. The number of benzene rings is 1. The molecule has 7 nitrogen and oxygen atoms in total. The summed E-state index contributed by atoms with van der Waals surface area (Å²) < 4.78 is 0. The van der Waals surface area contributed by atoms with E-state index in [0.29, 0.717) is 0 Å². The van der Waals surface area contributed by atoms with E-state index in [2.05, 4.69) is 5.32 Å². The number of hydrogen-bond donors (Lipinski definition) is 2. The zero-order valence-corrected chi connectivity index (χ0v) is 11.6. The monoisotopic (exact) mass is 309 g/mol. The number of halogens is 1. The Kier molecular flexibility index (Phi) is 3.69. The van der Waals surface area contributed by atoms with Crippen LogP contribution in [-0.4, -0.2) is 34.6 Å². The average Bonchev–Trinajstić information content (AvgIpc) is 2.64. The molecule has 0 aromatic heterocycles. The van der Waals surface area contributed by atoms with Gasteiger partial charge in [0.05, 0.1) is 11.1 Å². The second-order valence-corrected chi connectivity index (χ2v) is 4.72. The molecule has 0 bridgehead atoms. The van der Waals surface area contributed by atoms with Crippen molar-refractivity contribution in [2.24, 2.45) is 0 Å². The van der Waals surface area contributed by atoms with Crippen LogP contribution in [0.2, 0.25) is 0 Å². The van der Waals surface area contributed by atoms with Crippen LogP contribution >= 0.6 is 12.4 Å². The van der Waals surface area contributed by atoms with Crippen molar-refractivity contribution in [3.8, 4) is 0 Å². The third-order valence-electron chi connectivity index (χ3n) is 3.50. The molecule has 2 aliphatic heterocycles. The van der Waals surface area contributed by atoms with Crippen LogP contribution < -0.4 is 11.1 Å². The SMILES string of the molecule is Cl.Nc1cccc2c1C(=O)N(C1CCC(=O)NC1=O)C2=O. The van der Waals surface area contributed by atoms with Gasteiger partial charge in [-0.2, -0.15) is 0 Å². The van der Waals surface area contributed by atoms with Crippen LogP contribution in [0.1, 0.15) is 33.6 Å². The number of imide groups is 2. The quantitative estimate of drug-likeness (QED) is 0.564.